The molecule has 3 aromatic rings. The van der Waals surface area contributed by atoms with Crippen LogP contribution < -0.4 is 5.56 Å². The summed E-state index contributed by atoms with van der Waals surface area (Å²) in [5.41, 5.74) is 2.50. The van der Waals surface area contributed by atoms with Crippen molar-refractivity contribution in [2.45, 2.75) is 39.3 Å². The average Bonchev–Trinajstić information content (AvgIpc) is 3.30. The van der Waals surface area contributed by atoms with Crippen molar-refractivity contribution in [3.63, 3.8) is 0 Å². The Labute approximate surface area is 161 Å². The molecule has 0 aliphatic carbocycles. The van der Waals surface area contributed by atoms with Crippen molar-refractivity contribution >= 4 is 5.91 Å². The summed E-state index contributed by atoms with van der Waals surface area (Å²) in [7, 11) is 0. The fraction of sp³-hybridized carbons (Fsp3) is 0.350. The van der Waals surface area contributed by atoms with Gasteiger partial charge in [0.05, 0.1) is 24.0 Å². The maximum Gasteiger partial charge on any atom is 0.266 e. The van der Waals surface area contributed by atoms with Gasteiger partial charge in [-0.2, -0.15) is 5.10 Å². The average molecular weight is 379 g/mol. The van der Waals surface area contributed by atoms with Crippen molar-refractivity contribution in [1.82, 2.24) is 24.8 Å². The molecule has 4 rings (SSSR count). The molecule has 4 heterocycles. The highest BCUT2D eigenvalue weighted by Gasteiger charge is 2.33. The Morgan fingerprint density at radius 3 is 2.71 bits per heavy atom. The molecular weight excluding hydrogens is 358 g/mol. The molecule has 1 aliphatic heterocycles. The van der Waals surface area contributed by atoms with Gasteiger partial charge < -0.3 is 9.42 Å². The summed E-state index contributed by atoms with van der Waals surface area (Å²) in [6.07, 6.45) is 5.09. The molecule has 1 atom stereocenters. The second kappa shape index (κ2) is 7.38. The molecule has 3 aromatic heterocycles. The molecule has 1 saturated heterocycles. The molecule has 8 heteroatoms. The summed E-state index contributed by atoms with van der Waals surface area (Å²) in [4.78, 5) is 31.2. The number of pyridine rings is 1. The van der Waals surface area contributed by atoms with Crippen molar-refractivity contribution < 1.29 is 9.32 Å². The lowest BCUT2D eigenvalue weighted by Gasteiger charge is -2.25. The van der Waals surface area contributed by atoms with Gasteiger partial charge in [-0.25, -0.2) is 4.68 Å². The molecule has 0 N–H and O–H groups in total. The van der Waals surface area contributed by atoms with Gasteiger partial charge in [-0.05, 0) is 44.9 Å². The van der Waals surface area contributed by atoms with Crippen LogP contribution in [0, 0.1) is 13.8 Å². The Kier molecular flexibility index (Phi) is 4.77. The predicted molar refractivity (Wildman–Crippen MR) is 102 cm³/mol. The molecule has 0 radical (unpaired) electrons. The second-order valence-electron chi connectivity index (χ2n) is 6.97. The third-order valence-corrected chi connectivity index (χ3v) is 5.11. The predicted octanol–water partition coefficient (Wildman–Crippen LogP) is 2.21. The molecule has 1 aliphatic rings. The molecule has 0 bridgehead atoms. The van der Waals surface area contributed by atoms with Gasteiger partial charge in [-0.15, -0.1) is 0 Å². The molecule has 144 valence electrons. The Hall–Kier alpha value is -3.29. The minimum absolute atomic E-state index is 0.0981. The Balaban J connectivity index is 1.60. The largest absolute Gasteiger partial charge is 0.361 e. The highest BCUT2D eigenvalue weighted by molar-refractivity contribution is 5.96. The van der Waals surface area contributed by atoms with E-state index in [1.807, 2.05) is 12.1 Å². The van der Waals surface area contributed by atoms with Crippen LogP contribution in [-0.2, 0) is 6.54 Å². The van der Waals surface area contributed by atoms with E-state index in [0.717, 1.165) is 18.4 Å². The first kappa shape index (κ1) is 18.1. The Morgan fingerprint density at radius 2 is 2.00 bits per heavy atom. The summed E-state index contributed by atoms with van der Waals surface area (Å²) in [5.74, 6) is 0.417. The number of aromatic nitrogens is 4. The van der Waals surface area contributed by atoms with Crippen LogP contribution in [0.2, 0.25) is 0 Å². The monoisotopic (exact) mass is 379 g/mol. The van der Waals surface area contributed by atoms with E-state index in [1.165, 1.54) is 10.7 Å². The molecule has 8 nitrogen and oxygen atoms in total. The number of rotatable bonds is 4. The first-order valence-corrected chi connectivity index (χ1v) is 9.27. The summed E-state index contributed by atoms with van der Waals surface area (Å²) in [6.45, 7) is 4.50. The van der Waals surface area contributed by atoms with E-state index in [9.17, 15) is 9.59 Å². The van der Waals surface area contributed by atoms with E-state index in [1.54, 1.807) is 37.2 Å². The third-order valence-electron chi connectivity index (χ3n) is 5.11. The van der Waals surface area contributed by atoms with Crippen LogP contribution in [-0.4, -0.2) is 43.3 Å². The highest BCUT2D eigenvalue weighted by Crippen LogP contribution is 2.24. The number of hydrogen-bond acceptors (Lipinski definition) is 6. The van der Waals surface area contributed by atoms with Crippen LogP contribution >= 0.6 is 0 Å². The third kappa shape index (κ3) is 3.33. The number of nitrogens with zero attached hydrogens (tertiary/aromatic N) is 5. The lowest BCUT2D eigenvalue weighted by atomic mass is 10.1. The van der Waals surface area contributed by atoms with E-state index >= 15 is 0 Å². The Bertz CT molecular complexity index is 1040. The van der Waals surface area contributed by atoms with Crippen LogP contribution in [0.3, 0.4) is 0 Å². The summed E-state index contributed by atoms with van der Waals surface area (Å²) in [6, 6.07) is 6.81. The molecule has 0 spiro atoms. The summed E-state index contributed by atoms with van der Waals surface area (Å²) >= 11 is 0. The molecule has 28 heavy (non-hydrogen) atoms. The van der Waals surface area contributed by atoms with E-state index in [-0.39, 0.29) is 17.5 Å². The lowest BCUT2D eigenvalue weighted by Crippen LogP contribution is -2.40. The minimum atomic E-state index is -0.186. The first-order valence-electron chi connectivity index (χ1n) is 9.27. The quantitative estimate of drug-likeness (QED) is 0.690. The number of carbonyl (C=O) groups is 1. The van der Waals surface area contributed by atoms with Gasteiger partial charge >= 0.3 is 0 Å². The normalized spacial score (nSPS) is 16.5. The first-order chi connectivity index (χ1) is 13.5. The number of carbonyl (C=O) groups excluding carboxylic acids is 1. The van der Waals surface area contributed by atoms with E-state index in [4.69, 9.17) is 4.52 Å². The number of hydrogen-bond donors (Lipinski definition) is 0. The van der Waals surface area contributed by atoms with Gasteiger partial charge in [0.1, 0.15) is 11.3 Å². The summed E-state index contributed by atoms with van der Waals surface area (Å²) < 4.78 is 6.59. The number of likely N-dealkylation sites (tertiary alicyclic amines) is 1. The van der Waals surface area contributed by atoms with Gasteiger partial charge in [0.15, 0.2) is 0 Å². The topological polar surface area (TPSA) is 94.1 Å². The van der Waals surface area contributed by atoms with E-state index in [0.29, 0.717) is 35.8 Å². The van der Waals surface area contributed by atoms with E-state index in [2.05, 4.69) is 15.2 Å². The molecular formula is C20H21N5O3. The smallest absolute Gasteiger partial charge is 0.266 e. The van der Waals surface area contributed by atoms with Gasteiger partial charge in [0, 0.05) is 30.6 Å². The fourth-order valence-corrected chi connectivity index (χ4v) is 3.68. The standard InChI is InChI=1S/C20H21N5O3/c1-13-19(14(2)28-23-13)20(27)24-11-3-4-16(24)12-25-18(26)6-5-17(22-25)15-7-9-21-10-8-15/h5-10,16H,3-4,11-12H2,1-2H3. The van der Waals surface area contributed by atoms with Crippen molar-refractivity contribution in [2.24, 2.45) is 0 Å². The zero-order chi connectivity index (χ0) is 19.7. The zero-order valence-corrected chi connectivity index (χ0v) is 15.8. The molecule has 1 fully saturated rings. The number of amides is 1. The number of aryl methyl sites for hydroxylation is 2. The van der Waals surface area contributed by atoms with Crippen molar-refractivity contribution in [2.75, 3.05) is 6.54 Å². The maximum atomic E-state index is 13.0. The van der Waals surface area contributed by atoms with Crippen LogP contribution in [0.1, 0.15) is 34.7 Å². The molecule has 0 saturated carbocycles. The molecule has 1 unspecified atom stereocenters. The Morgan fingerprint density at radius 1 is 1.21 bits per heavy atom. The van der Waals surface area contributed by atoms with Crippen LogP contribution in [0.15, 0.2) is 46.0 Å². The molecule has 0 aromatic carbocycles. The lowest BCUT2D eigenvalue weighted by molar-refractivity contribution is 0.0718. The van der Waals surface area contributed by atoms with E-state index < -0.39 is 0 Å². The highest BCUT2D eigenvalue weighted by atomic mass is 16.5. The van der Waals surface area contributed by atoms with Crippen LogP contribution in [0.4, 0.5) is 0 Å². The van der Waals surface area contributed by atoms with Crippen molar-refractivity contribution in [3.05, 3.63) is 64.0 Å². The zero-order valence-electron chi connectivity index (χ0n) is 15.8. The fourth-order valence-electron chi connectivity index (χ4n) is 3.68. The van der Waals surface area contributed by atoms with Gasteiger partial charge in [-0.3, -0.25) is 14.6 Å². The molecule has 1 amide bonds. The van der Waals surface area contributed by atoms with Crippen LogP contribution in [0.25, 0.3) is 11.3 Å². The minimum Gasteiger partial charge on any atom is -0.361 e. The van der Waals surface area contributed by atoms with Crippen LogP contribution in [0.5, 0.6) is 0 Å². The van der Waals surface area contributed by atoms with Crippen molar-refractivity contribution in [3.8, 4) is 11.3 Å². The van der Waals surface area contributed by atoms with Gasteiger partial charge in [-0.1, -0.05) is 5.16 Å². The second-order valence-corrected chi connectivity index (χ2v) is 6.97. The van der Waals surface area contributed by atoms with Gasteiger partial charge in [0.2, 0.25) is 0 Å². The summed E-state index contributed by atoms with van der Waals surface area (Å²) in [5, 5.41) is 8.39. The van der Waals surface area contributed by atoms with Crippen molar-refractivity contribution in [1.29, 1.82) is 0 Å². The maximum absolute atomic E-state index is 13.0. The SMILES string of the molecule is Cc1noc(C)c1C(=O)N1CCCC1Cn1nc(-c2ccncc2)ccc1=O. The van der Waals surface area contributed by atoms with Gasteiger partial charge in [0.25, 0.3) is 11.5 Å².